The van der Waals surface area contributed by atoms with Gasteiger partial charge in [-0.25, -0.2) is 4.31 Å². The minimum Gasteiger partial charge on any atom is -0.390 e. The van der Waals surface area contributed by atoms with E-state index in [0.717, 1.165) is 15.8 Å². The van der Waals surface area contributed by atoms with Gasteiger partial charge in [-0.05, 0) is 73.8 Å². The van der Waals surface area contributed by atoms with Gasteiger partial charge in [0.25, 0.3) is 0 Å². The van der Waals surface area contributed by atoms with Crippen LogP contribution in [-0.4, -0.2) is 41.2 Å². The van der Waals surface area contributed by atoms with E-state index < -0.39 is 6.10 Å². The Morgan fingerprint density at radius 2 is 1.79 bits per heavy atom. The Labute approximate surface area is 186 Å². The van der Waals surface area contributed by atoms with Gasteiger partial charge in [0, 0.05) is 28.0 Å². The number of rotatable bonds is 9. The van der Waals surface area contributed by atoms with E-state index in [1.165, 1.54) is 16.3 Å². The van der Waals surface area contributed by atoms with E-state index in [0.29, 0.717) is 13.1 Å². The summed E-state index contributed by atoms with van der Waals surface area (Å²) in [6.45, 7) is 5.53. The van der Waals surface area contributed by atoms with E-state index in [9.17, 15) is 5.11 Å². The van der Waals surface area contributed by atoms with Gasteiger partial charge in [-0.2, -0.15) is 0 Å². The third-order valence-corrected chi connectivity index (χ3v) is 6.22. The number of β-amino-alcohol motifs (C(OH)–C–C–N with tert-alkyl or cyclic N) is 1. The molecule has 1 atom stereocenters. The molecule has 3 aromatic carbocycles. The maximum atomic E-state index is 10.5. The lowest BCUT2D eigenvalue weighted by Gasteiger charge is -2.29. The molecular weight excluding hydrogens is 444 g/mol. The van der Waals surface area contributed by atoms with Crippen LogP contribution in [0.4, 0.5) is 0 Å². The van der Waals surface area contributed by atoms with Gasteiger partial charge in [0.1, 0.15) is 0 Å². The summed E-state index contributed by atoms with van der Waals surface area (Å²) in [7, 11) is 2.01. The summed E-state index contributed by atoms with van der Waals surface area (Å²) >= 11 is 5.14. The highest BCUT2D eigenvalue weighted by Crippen LogP contribution is 2.24. The predicted molar refractivity (Wildman–Crippen MR) is 128 cm³/mol. The van der Waals surface area contributed by atoms with Crippen LogP contribution in [-0.2, 0) is 6.42 Å². The van der Waals surface area contributed by atoms with Gasteiger partial charge in [0.15, 0.2) is 0 Å². The van der Waals surface area contributed by atoms with Gasteiger partial charge < -0.3 is 10.4 Å². The summed E-state index contributed by atoms with van der Waals surface area (Å²) < 4.78 is 3.14. The van der Waals surface area contributed by atoms with Crippen molar-refractivity contribution >= 4 is 38.7 Å². The molecule has 1 unspecified atom stereocenters. The summed E-state index contributed by atoms with van der Waals surface area (Å²) in [5.41, 5.74) is 1.21. The Bertz CT molecular complexity index is 947. The summed E-state index contributed by atoms with van der Waals surface area (Å²) in [6, 6.07) is 23.3. The zero-order chi connectivity index (χ0) is 20.9. The van der Waals surface area contributed by atoms with Crippen LogP contribution >= 0.6 is 27.9 Å². The normalized spacial score (nSPS) is 13.2. The van der Waals surface area contributed by atoms with Crippen molar-refractivity contribution in [2.45, 2.75) is 36.8 Å². The zero-order valence-electron chi connectivity index (χ0n) is 17.2. The van der Waals surface area contributed by atoms with Crippen LogP contribution in [0.2, 0.25) is 0 Å². The van der Waals surface area contributed by atoms with E-state index >= 15 is 0 Å². The van der Waals surface area contributed by atoms with Crippen LogP contribution in [0, 0.1) is 0 Å². The molecule has 154 valence electrons. The highest BCUT2D eigenvalue weighted by Gasteiger charge is 2.20. The van der Waals surface area contributed by atoms with Crippen molar-refractivity contribution in [3.63, 3.8) is 0 Å². The van der Waals surface area contributed by atoms with Crippen molar-refractivity contribution in [2.24, 2.45) is 0 Å². The number of likely N-dealkylation sites (N-methyl/N-ethyl adjacent to an activating group) is 1. The Kier molecular flexibility index (Phi) is 7.77. The molecule has 5 heteroatoms. The van der Waals surface area contributed by atoms with Crippen molar-refractivity contribution in [1.29, 1.82) is 0 Å². The fraction of sp³-hybridized carbons (Fsp3) is 0.333. The third kappa shape index (κ3) is 7.12. The van der Waals surface area contributed by atoms with Crippen LogP contribution in [0.15, 0.2) is 76.1 Å². The summed E-state index contributed by atoms with van der Waals surface area (Å²) in [6.07, 6.45) is 0.475. The summed E-state index contributed by atoms with van der Waals surface area (Å²) in [5.74, 6) is 0. The van der Waals surface area contributed by atoms with E-state index in [4.69, 9.17) is 0 Å². The van der Waals surface area contributed by atoms with Crippen molar-refractivity contribution < 1.29 is 5.11 Å². The molecule has 0 aromatic heterocycles. The molecule has 0 saturated carbocycles. The van der Waals surface area contributed by atoms with Crippen LogP contribution in [0.25, 0.3) is 10.8 Å². The Morgan fingerprint density at radius 3 is 2.55 bits per heavy atom. The SMILES string of the molecule is CN(CC(O)CNC(C)(C)Cc1ccc2ccccc2c1)Sc1cccc(Br)c1. The number of nitrogens with one attached hydrogen (secondary N) is 1. The van der Waals surface area contributed by atoms with Crippen molar-refractivity contribution in [3.05, 3.63) is 76.8 Å². The molecule has 2 N–H and O–H groups in total. The van der Waals surface area contributed by atoms with Gasteiger partial charge in [-0.3, -0.25) is 0 Å². The number of hydrogen-bond acceptors (Lipinski definition) is 4. The highest BCUT2D eigenvalue weighted by atomic mass is 79.9. The second kappa shape index (κ2) is 10.1. The number of hydrogen-bond donors (Lipinski definition) is 2. The lowest BCUT2D eigenvalue weighted by molar-refractivity contribution is 0.142. The number of aliphatic hydroxyl groups excluding tert-OH is 1. The van der Waals surface area contributed by atoms with Crippen LogP contribution in [0.1, 0.15) is 19.4 Å². The van der Waals surface area contributed by atoms with Gasteiger partial charge in [0.05, 0.1) is 6.10 Å². The molecule has 29 heavy (non-hydrogen) atoms. The third-order valence-electron chi connectivity index (χ3n) is 4.80. The first-order chi connectivity index (χ1) is 13.8. The molecule has 3 rings (SSSR count). The second-order valence-electron chi connectivity index (χ2n) is 8.14. The molecule has 3 aromatic rings. The fourth-order valence-electron chi connectivity index (χ4n) is 3.42. The summed E-state index contributed by atoms with van der Waals surface area (Å²) in [4.78, 5) is 1.15. The van der Waals surface area contributed by atoms with Crippen LogP contribution in [0.5, 0.6) is 0 Å². The minimum atomic E-state index is -0.435. The van der Waals surface area contributed by atoms with Crippen molar-refractivity contribution in [2.75, 3.05) is 20.1 Å². The van der Waals surface area contributed by atoms with Crippen molar-refractivity contribution in [1.82, 2.24) is 9.62 Å². The Morgan fingerprint density at radius 1 is 1.03 bits per heavy atom. The zero-order valence-corrected chi connectivity index (χ0v) is 19.6. The van der Waals surface area contributed by atoms with Gasteiger partial charge in [0.2, 0.25) is 0 Å². The molecular formula is C24H29BrN2OS. The maximum Gasteiger partial charge on any atom is 0.0800 e. The van der Waals surface area contributed by atoms with Crippen LogP contribution in [0.3, 0.4) is 0 Å². The monoisotopic (exact) mass is 472 g/mol. The molecule has 3 nitrogen and oxygen atoms in total. The maximum absolute atomic E-state index is 10.5. The Balaban J connectivity index is 1.49. The number of benzene rings is 3. The largest absolute Gasteiger partial charge is 0.390 e. The van der Waals surface area contributed by atoms with Gasteiger partial charge in [-0.1, -0.05) is 64.5 Å². The van der Waals surface area contributed by atoms with Crippen LogP contribution < -0.4 is 5.32 Å². The standard InChI is InChI=1S/C24H29BrN2OS/c1-24(2,15-18-11-12-19-7-4-5-8-20(19)13-18)26-16-22(28)17-27(3)29-23-10-6-9-21(25)14-23/h4-14,22,26,28H,15-17H2,1-3H3. The van der Waals surface area contributed by atoms with E-state index in [1.54, 1.807) is 11.9 Å². The molecule has 0 amide bonds. The van der Waals surface area contributed by atoms with E-state index in [-0.39, 0.29) is 5.54 Å². The number of halogens is 1. The first-order valence-corrected chi connectivity index (χ1v) is 11.4. The van der Waals surface area contributed by atoms with Gasteiger partial charge >= 0.3 is 0 Å². The second-order valence-corrected chi connectivity index (χ2v) is 10.3. The van der Waals surface area contributed by atoms with E-state index in [2.05, 4.69) is 94.0 Å². The fourth-order valence-corrected chi connectivity index (χ4v) is 4.89. The minimum absolute atomic E-state index is 0.0978. The predicted octanol–water partition coefficient (Wildman–Crippen LogP) is 5.51. The first-order valence-electron chi connectivity index (χ1n) is 9.86. The number of fused-ring (bicyclic) bond motifs is 1. The Hall–Kier alpha value is -1.37. The summed E-state index contributed by atoms with van der Waals surface area (Å²) in [5, 5.41) is 16.6. The van der Waals surface area contributed by atoms with E-state index in [1.807, 2.05) is 19.2 Å². The molecule has 0 bridgehead atoms. The lowest BCUT2D eigenvalue weighted by Crippen LogP contribution is -2.46. The lowest BCUT2D eigenvalue weighted by atomic mass is 9.93. The average molecular weight is 473 g/mol. The van der Waals surface area contributed by atoms with Gasteiger partial charge in [-0.15, -0.1) is 0 Å². The molecule has 0 heterocycles. The van der Waals surface area contributed by atoms with Crippen molar-refractivity contribution in [3.8, 4) is 0 Å². The molecule has 0 radical (unpaired) electrons. The first kappa shape index (κ1) is 22.3. The molecule has 0 aliphatic carbocycles. The number of aliphatic hydroxyl groups is 1. The highest BCUT2D eigenvalue weighted by molar-refractivity contribution is 9.10. The average Bonchev–Trinajstić information content (AvgIpc) is 2.66. The number of nitrogens with zero attached hydrogens (tertiary/aromatic N) is 1. The molecule has 0 aliphatic rings. The topological polar surface area (TPSA) is 35.5 Å². The molecule has 0 saturated heterocycles. The molecule has 0 spiro atoms. The smallest absolute Gasteiger partial charge is 0.0800 e. The quantitative estimate of drug-likeness (QED) is 0.402. The molecule has 0 fully saturated rings. The molecule has 0 aliphatic heterocycles.